The van der Waals surface area contributed by atoms with E-state index in [1.54, 1.807) is 0 Å². The number of para-hydroxylation sites is 4. The van der Waals surface area contributed by atoms with Crippen LogP contribution in [0.25, 0.3) is 82.5 Å². The summed E-state index contributed by atoms with van der Waals surface area (Å²) in [6, 6.07) is 73.8. The summed E-state index contributed by atoms with van der Waals surface area (Å²) in [6.45, 7) is 0. The number of hydrogen-bond acceptors (Lipinski definition) is 2. The molecule has 11 rings (SSSR count). The minimum atomic E-state index is 0.907. The molecule has 0 aliphatic heterocycles. The lowest BCUT2D eigenvalue weighted by molar-refractivity contribution is 0.674. The number of nitrogens with zero attached hydrogens (tertiary/aromatic N) is 2. The van der Waals surface area contributed by atoms with Crippen molar-refractivity contribution in [1.82, 2.24) is 4.57 Å². The van der Waals surface area contributed by atoms with Crippen molar-refractivity contribution in [3.63, 3.8) is 0 Å². The van der Waals surface area contributed by atoms with E-state index in [-0.39, 0.29) is 0 Å². The molecule has 0 aliphatic carbocycles. The Balaban J connectivity index is 0.990. The second kappa shape index (κ2) is 12.6. The van der Waals surface area contributed by atoms with E-state index in [1.165, 1.54) is 32.8 Å². The standard InChI is InChI=1S/C52H34N2O/c1-2-16-39(17-3-1)53(41-18-11-15-38(34-41)44-23-12-24-47-48-32-29-36-13-4-5-20-43(36)51(48)55-52(44)47)40-30-27-35(28-31-40)37-14-10-19-42(33-37)54-49-25-8-6-21-45(49)46-22-7-9-26-50(46)54/h1-34H. The third kappa shape index (κ3) is 5.13. The molecule has 3 heteroatoms. The first kappa shape index (κ1) is 31.2. The SMILES string of the molecule is c1ccc(N(c2ccc(-c3cccc(-n4c5ccccc5c5ccccc54)c3)cc2)c2cccc(-c3cccc4c3oc3c5ccccc5ccc43)c2)cc1. The molecule has 0 aliphatic rings. The normalized spacial score (nSPS) is 11.6. The van der Waals surface area contributed by atoms with Gasteiger partial charge < -0.3 is 13.9 Å². The molecule has 0 unspecified atom stereocenters. The minimum Gasteiger partial charge on any atom is -0.455 e. The molecule has 0 atom stereocenters. The van der Waals surface area contributed by atoms with Crippen molar-refractivity contribution in [2.75, 3.05) is 4.90 Å². The van der Waals surface area contributed by atoms with Gasteiger partial charge in [-0.15, -0.1) is 0 Å². The molecule has 11 aromatic rings. The average molecular weight is 703 g/mol. The number of fused-ring (bicyclic) bond motifs is 8. The van der Waals surface area contributed by atoms with Crippen molar-refractivity contribution >= 4 is 71.6 Å². The zero-order valence-corrected chi connectivity index (χ0v) is 29.9. The van der Waals surface area contributed by atoms with Gasteiger partial charge in [0.15, 0.2) is 0 Å². The highest BCUT2D eigenvalue weighted by molar-refractivity contribution is 6.17. The highest BCUT2D eigenvalue weighted by Crippen LogP contribution is 2.42. The van der Waals surface area contributed by atoms with Crippen LogP contribution in [0.3, 0.4) is 0 Å². The third-order valence-corrected chi connectivity index (χ3v) is 11.0. The van der Waals surface area contributed by atoms with Gasteiger partial charge in [-0.05, 0) is 88.8 Å². The van der Waals surface area contributed by atoms with Crippen molar-refractivity contribution < 1.29 is 4.42 Å². The van der Waals surface area contributed by atoms with Crippen LogP contribution in [0.2, 0.25) is 0 Å². The van der Waals surface area contributed by atoms with Gasteiger partial charge in [-0.25, -0.2) is 0 Å². The van der Waals surface area contributed by atoms with Crippen LogP contribution in [0.5, 0.6) is 0 Å². The van der Waals surface area contributed by atoms with Gasteiger partial charge in [0.25, 0.3) is 0 Å². The maximum absolute atomic E-state index is 6.74. The average Bonchev–Trinajstić information content (AvgIpc) is 3.81. The smallest absolute Gasteiger partial charge is 0.143 e. The molecule has 2 aromatic heterocycles. The van der Waals surface area contributed by atoms with Gasteiger partial charge >= 0.3 is 0 Å². The summed E-state index contributed by atoms with van der Waals surface area (Å²) < 4.78 is 9.11. The molecule has 258 valence electrons. The Hall–Kier alpha value is -7.36. The maximum atomic E-state index is 6.74. The number of hydrogen-bond donors (Lipinski definition) is 0. The Kier molecular flexibility index (Phi) is 7.17. The Morgan fingerprint density at radius 2 is 0.945 bits per heavy atom. The Bertz CT molecular complexity index is 3150. The minimum absolute atomic E-state index is 0.907. The molecular weight excluding hydrogens is 669 g/mol. The fourth-order valence-electron chi connectivity index (χ4n) is 8.42. The maximum Gasteiger partial charge on any atom is 0.143 e. The number of anilines is 3. The first-order valence-corrected chi connectivity index (χ1v) is 18.8. The highest BCUT2D eigenvalue weighted by atomic mass is 16.3. The number of furan rings is 1. The van der Waals surface area contributed by atoms with E-state index < -0.39 is 0 Å². The van der Waals surface area contributed by atoms with Gasteiger partial charge in [0.1, 0.15) is 11.2 Å². The van der Waals surface area contributed by atoms with E-state index in [9.17, 15) is 0 Å². The van der Waals surface area contributed by atoms with Crippen LogP contribution >= 0.6 is 0 Å². The van der Waals surface area contributed by atoms with Crippen molar-refractivity contribution in [2.45, 2.75) is 0 Å². The van der Waals surface area contributed by atoms with Crippen molar-refractivity contribution in [2.24, 2.45) is 0 Å². The number of aromatic nitrogens is 1. The monoisotopic (exact) mass is 702 g/mol. The molecule has 0 saturated carbocycles. The van der Waals surface area contributed by atoms with Crippen molar-refractivity contribution in [1.29, 1.82) is 0 Å². The Morgan fingerprint density at radius 1 is 0.345 bits per heavy atom. The third-order valence-electron chi connectivity index (χ3n) is 11.0. The lowest BCUT2D eigenvalue weighted by Gasteiger charge is -2.26. The summed E-state index contributed by atoms with van der Waals surface area (Å²) in [7, 11) is 0. The Labute approximate surface area is 318 Å². The molecule has 0 bridgehead atoms. The van der Waals surface area contributed by atoms with Gasteiger partial charge in [-0.1, -0.05) is 140 Å². The molecule has 0 spiro atoms. The summed E-state index contributed by atoms with van der Waals surface area (Å²) in [5.41, 5.74) is 13.2. The van der Waals surface area contributed by atoms with Gasteiger partial charge in [-0.2, -0.15) is 0 Å². The van der Waals surface area contributed by atoms with Crippen molar-refractivity contribution in [3.05, 3.63) is 206 Å². The van der Waals surface area contributed by atoms with E-state index in [4.69, 9.17) is 4.42 Å². The Morgan fingerprint density at radius 3 is 1.75 bits per heavy atom. The molecular formula is C52H34N2O. The first-order valence-electron chi connectivity index (χ1n) is 18.8. The second-order valence-electron chi connectivity index (χ2n) is 14.1. The van der Waals surface area contributed by atoms with Crippen LogP contribution < -0.4 is 4.90 Å². The van der Waals surface area contributed by atoms with E-state index in [1.807, 2.05) is 0 Å². The van der Waals surface area contributed by atoms with Crippen LogP contribution in [-0.2, 0) is 0 Å². The first-order chi connectivity index (χ1) is 27.3. The zero-order chi connectivity index (χ0) is 36.3. The van der Waals surface area contributed by atoms with E-state index in [0.717, 1.165) is 66.8 Å². The van der Waals surface area contributed by atoms with Crippen LogP contribution in [-0.4, -0.2) is 4.57 Å². The topological polar surface area (TPSA) is 21.3 Å². The fraction of sp³-hybridized carbons (Fsp3) is 0. The van der Waals surface area contributed by atoms with Gasteiger partial charge in [0.2, 0.25) is 0 Å². The quantitative estimate of drug-likeness (QED) is 0.172. The molecule has 3 nitrogen and oxygen atoms in total. The fourth-order valence-corrected chi connectivity index (χ4v) is 8.42. The second-order valence-corrected chi connectivity index (χ2v) is 14.1. The lowest BCUT2D eigenvalue weighted by Crippen LogP contribution is -2.09. The molecule has 0 saturated heterocycles. The summed E-state index contributed by atoms with van der Waals surface area (Å²) >= 11 is 0. The van der Waals surface area contributed by atoms with Crippen molar-refractivity contribution in [3.8, 4) is 27.9 Å². The van der Waals surface area contributed by atoms with E-state index in [0.29, 0.717) is 0 Å². The van der Waals surface area contributed by atoms with Crippen LogP contribution in [0.15, 0.2) is 211 Å². The summed E-state index contributed by atoms with van der Waals surface area (Å²) in [4.78, 5) is 2.33. The molecule has 0 amide bonds. The molecule has 0 N–H and O–H groups in total. The summed E-state index contributed by atoms with van der Waals surface area (Å²) in [5.74, 6) is 0. The largest absolute Gasteiger partial charge is 0.455 e. The summed E-state index contributed by atoms with van der Waals surface area (Å²) in [6.07, 6.45) is 0. The summed E-state index contributed by atoms with van der Waals surface area (Å²) in [5, 5.41) is 7.10. The molecule has 2 heterocycles. The number of benzene rings is 9. The highest BCUT2D eigenvalue weighted by Gasteiger charge is 2.18. The molecule has 0 fully saturated rings. The molecule has 9 aromatic carbocycles. The molecule has 0 radical (unpaired) electrons. The predicted molar refractivity (Wildman–Crippen MR) is 231 cm³/mol. The van der Waals surface area contributed by atoms with Crippen LogP contribution in [0.1, 0.15) is 0 Å². The van der Waals surface area contributed by atoms with Gasteiger partial charge in [0.05, 0.1) is 11.0 Å². The number of rotatable bonds is 6. The zero-order valence-electron chi connectivity index (χ0n) is 29.9. The molecule has 55 heavy (non-hydrogen) atoms. The van der Waals surface area contributed by atoms with Gasteiger partial charge in [-0.3, -0.25) is 0 Å². The lowest BCUT2D eigenvalue weighted by atomic mass is 10.0. The van der Waals surface area contributed by atoms with Gasteiger partial charge in [0, 0.05) is 55.2 Å². The van der Waals surface area contributed by atoms with Crippen LogP contribution in [0, 0.1) is 0 Å². The van der Waals surface area contributed by atoms with E-state index >= 15 is 0 Å². The van der Waals surface area contributed by atoms with E-state index in [2.05, 4.69) is 216 Å². The van der Waals surface area contributed by atoms with Crippen LogP contribution in [0.4, 0.5) is 17.1 Å². The predicted octanol–water partition coefficient (Wildman–Crippen LogP) is 14.6.